The van der Waals surface area contributed by atoms with Gasteiger partial charge in [-0.1, -0.05) is 76.7 Å². The number of nitrogens with one attached hydrogen (secondary N) is 1. The van der Waals surface area contributed by atoms with E-state index in [1.165, 1.54) is 11.1 Å². The third kappa shape index (κ3) is 4.33. The number of aromatic nitrogens is 3. The summed E-state index contributed by atoms with van der Waals surface area (Å²) < 4.78 is 11.5. The van der Waals surface area contributed by atoms with Gasteiger partial charge < -0.3 is 14.6 Å². The summed E-state index contributed by atoms with van der Waals surface area (Å²) in [6, 6.07) is 28.5. The van der Waals surface area contributed by atoms with E-state index in [1.807, 2.05) is 65.2 Å². The molecule has 3 aromatic carbocycles. The van der Waals surface area contributed by atoms with E-state index in [2.05, 4.69) is 50.1 Å². The molecule has 7 heteroatoms. The number of benzene rings is 3. The number of thiocarbonyl (C=S) groups is 1. The van der Waals surface area contributed by atoms with E-state index in [0.717, 1.165) is 64.4 Å². The molecule has 1 N–H and O–H groups in total. The lowest BCUT2D eigenvalue weighted by Crippen LogP contribution is -2.15. The molecule has 0 amide bonds. The molecule has 0 saturated carbocycles. The predicted octanol–water partition coefficient (Wildman–Crippen LogP) is 7.27. The van der Waals surface area contributed by atoms with Crippen LogP contribution < -0.4 is 10.1 Å². The van der Waals surface area contributed by atoms with Crippen molar-refractivity contribution in [1.29, 1.82) is 0 Å². The molecule has 0 spiro atoms. The van der Waals surface area contributed by atoms with Crippen LogP contribution in [0.4, 0.5) is 5.69 Å². The zero-order chi connectivity index (χ0) is 24.5. The monoisotopic (exact) mass is 556 g/mol. The van der Waals surface area contributed by atoms with Crippen LogP contribution in [0.3, 0.4) is 0 Å². The average molecular weight is 558 g/mol. The highest BCUT2D eigenvalue weighted by Crippen LogP contribution is 2.37. The summed E-state index contributed by atoms with van der Waals surface area (Å²) in [5.74, 6) is 1.72. The standard InChI is InChI=1S/C29H25BrN4OS/c30-21-14-16-23(17-15-21)35-19-25-32-34-27(28(36)31-22-11-5-2-6-12-22)26(20-9-3-1-4-10-20)24-13-7-8-18-33(25)29(24)34/h1-6,9-12,14-17H,7-8,13,18-19H2,(H,31,36). The van der Waals surface area contributed by atoms with Crippen molar-refractivity contribution in [1.82, 2.24) is 14.2 Å². The van der Waals surface area contributed by atoms with Gasteiger partial charge in [-0.25, -0.2) is 4.52 Å². The first-order chi connectivity index (χ1) is 17.7. The highest BCUT2D eigenvalue weighted by atomic mass is 79.9. The summed E-state index contributed by atoms with van der Waals surface area (Å²) in [5, 5.41) is 8.54. The molecule has 5 nitrogen and oxygen atoms in total. The second-order valence-electron chi connectivity index (χ2n) is 8.89. The van der Waals surface area contributed by atoms with Gasteiger partial charge in [0.2, 0.25) is 0 Å². The summed E-state index contributed by atoms with van der Waals surface area (Å²) in [6.07, 6.45) is 3.20. The number of rotatable bonds is 6. The maximum absolute atomic E-state index is 6.14. The zero-order valence-corrected chi connectivity index (χ0v) is 22.1. The lowest BCUT2D eigenvalue weighted by atomic mass is 9.98. The molecule has 0 bridgehead atoms. The highest BCUT2D eigenvalue weighted by molar-refractivity contribution is 9.10. The summed E-state index contributed by atoms with van der Waals surface area (Å²) >= 11 is 9.51. The van der Waals surface area contributed by atoms with E-state index in [1.54, 1.807) is 0 Å². The first-order valence-corrected chi connectivity index (χ1v) is 13.3. The number of hydrogen-bond donors (Lipinski definition) is 1. The molecular weight excluding hydrogens is 532 g/mol. The molecule has 2 aromatic heterocycles. The van der Waals surface area contributed by atoms with Gasteiger partial charge >= 0.3 is 0 Å². The van der Waals surface area contributed by atoms with E-state index < -0.39 is 0 Å². The van der Waals surface area contributed by atoms with Gasteiger partial charge in [0.1, 0.15) is 28.7 Å². The first-order valence-electron chi connectivity index (χ1n) is 12.1. The molecule has 1 aliphatic rings. The summed E-state index contributed by atoms with van der Waals surface area (Å²) in [6.45, 7) is 1.30. The normalized spacial score (nSPS) is 12.9. The van der Waals surface area contributed by atoms with Gasteiger partial charge in [-0.2, -0.15) is 0 Å². The summed E-state index contributed by atoms with van der Waals surface area (Å²) in [5.41, 5.74) is 6.63. The Labute approximate surface area is 223 Å². The molecule has 1 aliphatic heterocycles. The molecule has 180 valence electrons. The molecule has 0 unspecified atom stereocenters. The summed E-state index contributed by atoms with van der Waals surface area (Å²) in [7, 11) is 0. The van der Waals surface area contributed by atoms with Crippen molar-refractivity contribution in [3.05, 3.63) is 106 Å². The number of ether oxygens (including phenoxy) is 1. The minimum Gasteiger partial charge on any atom is -0.486 e. The minimum atomic E-state index is 0.391. The fourth-order valence-electron chi connectivity index (χ4n) is 4.93. The highest BCUT2D eigenvalue weighted by Gasteiger charge is 2.29. The Morgan fingerprint density at radius 1 is 0.944 bits per heavy atom. The molecule has 0 atom stereocenters. The van der Waals surface area contributed by atoms with Crippen molar-refractivity contribution in [3.63, 3.8) is 0 Å². The van der Waals surface area contributed by atoms with E-state index in [-0.39, 0.29) is 0 Å². The molecule has 0 saturated heterocycles. The second kappa shape index (κ2) is 9.91. The van der Waals surface area contributed by atoms with Crippen molar-refractivity contribution >= 4 is 44.5 Å². The van der Waals surface area contributed by atoms with Crippen LogP contribution in [0.25, 0.3) is 16.8 Å². The number of aryl methyl sites for hydroxylation is 2. The van der Waals surface area contributed by atoms with Crippen LogP contribution in [0.5, 0.6) is 5.75 Å². The van der Waals surface area contributed by atoms with Crippen LogP contribution in [-0.2, 0) is 19.6 Å². The van der Waals surface area contributed by atoms with Crippen LogP contribution in [0.15, 0.2) is 89.4 Å². The lowest BCUT2D eigenvalue weighted by molar-refractivity contribution is 0.288. The van der Waals surface area contributed by atoms with Crippen LogP contribution in [0, 0.1) is 0 Å². The SMILES string of the molecule is S=C(Nc1ccccc1)c1c(-c2ccccc2)c2c3n(c(COc4ccc(Br)cc4)nn13)CCCC2. The molecule has 3 heterocycles. The van der Waals surface area contributed by atoms with Gasteiger partial charge in [0.15, 0.2) is 5.82 Å². The third-order valence-corrected chi connectivity index (χ3v) is 7.38. The molecular formula is C29H25BrN4OS. The average Bonchev–Trinajstić information content (AvgIpc) is 3.31. The number of halogens is 1. The Morgan fingerprint density at radius 2 is 1.67 bits per heavy atom. The molecule has 36 heavy (non-hydrogen) atoms. The zero-order valence-electron chi connectivity index (χ0n) is 19.7. The van der Waals surface area contributed by atoms with Crippen molar-refractivity contribution in [3.8, 4) is 16.9 Å². The van der Waals surface area contributed by atoms with E-state index in [4.69, 9.17) is 22.1 Å². The van der Waals surface area contributed by atoms with Crippen LogP contribution in [-0.4, -0.2) is 19.2 Å². The fourth-order valence-corrected chi connectivity index (χ4v) is 5.50. The van der Waals surface area contributed by atoms with Gasteiger partial charge in [0, 0.05) is 27.8 Å². The molecule has 6 rings (SSSR count). The summed E-state index contributed by atoms with van der Waals surface area (Å²) in [4.78, 5) is 0.659. The van der Waals surface area contributed by atoms with Gasteiger partial charge in [0.05, 0.1) is 0 Å². The van der Waals surface area contributed by atoms with Gasteiger partial charge in [-0.15, -0.1) is 5.10 Å². The number of para-hydroxylation sites is 1. The van der Waals surface area contributed by atoms with Gasteiger partial charge in [-0.05, 0) is 61.2 Å². The van der Waals surface area contributed by atoms with Crippen molar-refractivity contribution < 1.29 is 4.74 Å². The minimum absolute atomic E-state index is 0.391. The Morgan fingerprint density at radius 3 is 2.42 bits per heavy atom. The maximum atomic E-state index is 6.14. The van der Waals surface area contributed by atoms with Crippen molar-refractivity contribution in [2.75, 3.05) is 5.32 Å². The van der Waals surface area contributed by atoms with Crippen LogP contribution in [0.2, 0.25) is 0 Å². The Bertz CT molecular complexity index is 1530. The van der Waals surface area contributed by atoms with Crippen molar-refractivity contribution in [2.24, 2.45) is 0 Å². The quantitative estimate of drug-likeness (QED) is 0.223. The molecule has 5 aromatic rings. The second-order valence-corrected chi connectivity index (χ2v) is 10.2. The van der Waals surface area contributed by atoms with E-state index >= 15 is 0 Å². The largest absolute Gasteiger partial charge is 0.486 e. The van der Waals surface area contributed by atoms with Gasteiger partial charge in [0.25, 0.3) is 0 Å². The van der Waals surface area contributed by atoms with Crippen LogP contribution in [0.1, 0.15) is 29.9 Å². The Balaban J connectivity index is 1.48. The topological polar surface area (TPSA) is 43.5 Å². The lowest BCUT2D eigenvalue weighted by Gasteiger charge is -2.12. The van der Waals surface area contributed by atoms with E-state index in [0.29, 0.717) is 11.6 Å². The van der Waals surface area contributed by atoms with Crippen molar-refractivity contribution in [2.45, 2.75) is 32.4 Å². The molecule has 0 aliphatic carbocycles. The van der Waals surface area contributed by atoms with Gasteiger partial charge in [-0.3, -0.25) is 0 Å². The maximum Gasteiger partial charge on any atom is 0.169 e. The van der Waals surface area contributed by atoms with E-state index in [9.17, 15) is 0 Å². The molecule has 0 fully saturated rings. The van der Waals surface area contributed by atoms with Crippen LogP contribution >= 0.6 is 28.1 Å². The molecule has 0 radical (unpaired) electrons. The number of nitrogens with zero attached hydrogens (tertiary/aromatic N) is 3. The first kappa shape index (κ1) is 23.0. The Kier molecular flexibility index (Phi) is 6.34. The smallest absolute Gasteiger partial charge is 0.169 e. The third-order valence-electron chi connectivity index (χ3n) is 6.55. The predicted molar refractivity (Wildman–Crippen MR) is 152 cm³/mol. The fraction of sp³-hybridized carbons (Fsp3) is 0.172. The Hall–Kier alpha value is -3.42. The number of anilines is 1. The number of hydrogen-bond acceptors (Lipinski definition) is 3.